The number of aryl methyl sites for hydroxylation is 2. The van der Waals surface area contributed by atoms with E-state index in [0.717, 1.165) is 5.03 Å². The maximum atomic E-state index is 12.5. The Morgan fingerprint density at radius 3 is 2.58 bits per heavy atom. The van der Waals surface area contributed by atoms with E-state index in [1.165, 1.54) is 11.8 Å². The third-order valence-electron chi connectivity index (χ3n) is 2.83. The minimum atomic E-state index is -0.0576. The van der Waals surface area contributed by atoms with E-state index in [0.29, 0.717) is 36.6 Å². The van der Waals surface area contributed by atoms with Crippen LogP contribution in [0.25, 0.3) is 0 Å². The standard InChI is InChI=1S/C13H21N3O2S/c1-5-16(7-6-8-17)13(18)11-9(2)14-10(3)15-12(11)19-4/h17H,5-8H2,1-4H3. The van der Waals surface area contributed by atoms with Gasteiger partial charge in [-0.05, 0) is 33.4 Å². The molecule has 1 aromatic heterocycles. The fourth-order valence-electron chi connectivity index (χ4n) is 1.90. The van der Waals surface area contributed by atoms with Crippen molar-refractivity contribution in [3.8, 4) is 0 Å². The van der Waals surface area contributed by atoms with Crippen LogP contribution in [0.1, 0.15) is 35.2 Å². The van der Waals surface area contributed by atoms with Crippen LogP contribution in [0.3, 0.4) is 0 Å². The summed E-state index contributed by atoms with van der Waals surface area (Å²) in [6, 6.07) is 0. The van der Waals surface area contributed by atoms with E-state index in [9.17, 15) is 4.79 Å². The number of aliphatic hydroxyl groups excluding tert-OH is 1. The van der Waals surface area contributed by atoms with E-state index >= 15 is 0 Å². The molecule has 6 heteroatoms. The van der Waals surface area contributed by atoms with Crippen molar-refractivity contribution in [2.75, 3.05) is 26.0 Å². The summed E-state index contributed by atoms with van der Waals surface area (Å²) in [6.07, 6.45) is 2.49. The fourth-order valence-corrected chi connectivity index (χ4v) is 2.56. The van der Waals surface area contributed by atoms with Gasteiger partial charge >= 0.3 is 0 Å². The zero-order valence-electron chi connectivity index (χ0n) is 11.9. The Labute approximate surface area is 118 Å². The highest BCUT2D eigenvalue weighted by atomic mass is 32.2. The normalized spacial score (nSPS) is 10.6. The Bertz CT molecular complexity index is 452. The number of rotatable bonds is 6. The molecule has 0 aliphatic carbocycles. The first kappa shape index (κ1) is 15.9. The van der Waals surface area contributed by atoms with E-state index in [4.69, 9.17) is 5.11 Å². The van der Waals surface area contributed by atoms with Gasteiger partial charge in [-0.25, -0.2) is 9.97 Å². The SMILES string of the molecule is CCN(CCCO)C(=O)c1c(C)nc(C)nc1SC. The van der Waals surface area contributed by atoms with Crippen LogP contribution in [-0.2, 0) is 0 Å². The van der Waals surface area contributed by atoms with Crippen LogP contribution in [0.5, 0.6) is 0 Å². The van der Waals surface area contributed by atoms with Crippen LogP contribution in [-0.4, -0.2) is 51.8 Å². The smallest absolute Gasteiger partial charge is 0.258 e. The Morgan fingerprint density at radius 2 is 2.05 bits per heavy atom. The average Bonchev–Trinajstić information content (AvgIpc) is 2.38. The van der Waals surface area contributed by atoms with Crippen molar-refractivity contribution >= 4 is 17.7 Å². The van der Waals surface area contributed by atoms with Crippen LogP contribution < -0.4 is 0 Å². The zero-order chi connectivity index (χ0) is 14.4. The molecular formula is C13H21N3O2S. The van der Waals surface area contributed by atoms with Crippen LogP contribution in [0.15, 0.2) is 5.03 Å². The Kier molecular flexibility index (Phi) is 6.24. The van der Waals surface area contributed by atoms with Crippen molar-refractivity contribution in [3.63, 3.8) is 0 Å². The first-order valence-corrected chi connectivity index (χ1v) is 7.57. The molecule has 0 unspecified atom stereocenters. The van der Waals surface area contributed by atoms with Gasteiger partial charge in [0.1, 0.15) is 10.9 Å². The third-order valence-corrected chi connectivity index (χ3v) is 3.51. The molecule has 0 fully saturated rings. The summed E-state index contributed by atoms with van der Waals surface area (Å²) in [5.74, 6) is 0.620. The second-order valence-electron chi connectivity index (χ2n) is 4.20. The van der Waals surface area contributed by atoms with Gasteiger partial charge in [0.15, 0.2) is 0 Å². The summed E-state index contributed by atoms with van der Waals surface area (Å²) in [4.78, 5) is 22.9. The van der Waals surface area contributed by atoms with E-state index in [1.807, 2.05) is 27.0 Å². The first-order chi connectivity index (χ1) is 9.04. The maximum absolute atomic E-state index is 12.5. The van der Waals surface area contributed by atoms with Crippen molar-refractivity contribution in [2.45, 2.75) is 32.2 Å². The highest BCUT2D eigenvalue weighted by Gasteiger charge is 2.21. The van der Waals surface area contributed by atoms with Gasteiger partial charge in [0, 0.05) is 19.7 Å². The molecule has 0 aliphatic rings. The van der Waals surface area contributed by atoms with Gasteiger partial charge in [-0.2, -0.15) is 0 Å². The van der Waals surface area contributed by atoms with Crippen LogP contribution in [0, 0.1) is 13.8 Å². The minimum absolute atomic E-state index is 0.0576. The molecule has 0 aromatic carbocycles. The van der Waals surface area contributed by atoms with Crippen LogP contribution in [0.2, 0.25) is 0 Å². The van der Waals surface area contributed by atoms with Gasteiger partial charge in [-0.3, -0.25) is 4.79 Å². The van der Waals surface area contributed by atoms with Crippen molar-refractivity contribution in [2.24, 2.45) is 0 Å². The molecule has 106 valence electrons. The number of hydrogen-bond acceptors (Lipinski definition) is 5. The largest absolute Gasteiger partial charge is 0.396 e. The van der Waals surface area contributed by atoms with E-state index in [2.05, 4.69) is 9.97 Å². The minimum Gasteiger partial charge on any atom is -0.396 e. The molecule has 0 radical (unpaired) electrons. The van der Waals surface area contributed by atoms with Crippen molar-refractivity contribution < 1.29 is 9.90 Å². The lowest BCUT2D eigenvalue weighted by Gasteiger charge is -2.22. The molecule has 1 N–H and O–H groups in total. The Morgan fingerprint density at radius 1 is 1.37 bits per heavy atom. The highest BCUT2D eigenvalue weighted by molar-refractivity contribution is 7.98. The van der Waals surface area contributed by atoms with Crippen molar-refractivity contribution in [3.05, 3.63) is 17.1 Å². The van der Waals surface area contributed by atoms with Gasteiger partial charge in [0.2, 0.25) is 0 Å². The number of hydrogen-bond donors (Lipinski definition) is 1. The Hall–Kier alpha value is -1.14. The number of aromatic nitrogens is 2. The summed E-state index contributed by atoms with van der Waals surface area (Å²) in [5.41, 5.74) is 1.29. The fraction of sp³-hybridized carbons (Fsp3) is 0.615. The predicted molar refractivity (Wildman–Crippen MR) is 76.6 cm³/mol. The molecule has 1 heterocycles. The van der Waals surface area contributed by atoms with Gasteiger partial charge in [-0.15, -0.1) is 11.8 Å². The second kappa shape index (κ2) is 7.45. The molecule has 1 rings (SSSR count). The van der Waals surface area contributed by atoms with Gasteiger partial charge < -0.3 is 10.0 Å². The quantitative estimate of drug-likeness (QED) is 0.635. The number of aliphatic hydroxyl groups is 1. The Balaban J connectivity index is 3.10. The molecular weight excluding hydrogens is 262 g/mol. The topological polar surface area (TPSA) is 66.3 Å². The summed E-state index contributed by atoms with van der Waals surface area (Å²) in [7, 11) is 0. The molecule has 1 aromatic rings. The molecule has 1 amide bonds. The summed E-state index contributed by atoms with van der Waals surface area (Å²) in [5, 5.41) is 9.61. The summed E-state index contributed by atoms with van der Waals surface area (Å²) < 4.78 is 0. The molecule has 5 nitrogen and oxygen atoms in total. The van der Waals surface area contributed by atoms with Crippen molar-refractivity contribution in [1.82, 2.24) is 14.9 Å². The third kappa shape index (κ3) is 3.91. The number of carbonyl (C=O) groups excluding carboxylic acids is 1. The van der Waals surface area contributed by atoms with E-state index < -0.39 is 0 Å². The lowest BCUT2D eigenvalue weighted by molar-refractivity contribution is 0.0748. The van der Waals surface area contributed by atoms with Crippen molar-refractivity contribution in [1.29, 1.82) is 0 Å². The molecule has 0 aliphatic heterocycles. The molecule has 0 saturated heterocycles. The van der Waals surface area contributed by atoms with Gasteiger partial charge in [-0.1, -0.05) is 0 Å². The van der Waals surface area contributed by atoms with Gasteiger partial charge in [0.05, 0.1) is 11.3 Å². The van der Waals surface area contributed by atoms with E-state index in [-0.39, 0.29) is 12.5 Å². The first-order valence-electron chi connectivity index (χ1n) is 6.34. The molecule has 0 saturated carbocycles. The number of carbonyl (C=O) groups is 1. The van der Waals surface area contributed by atoms with Crippen LogP contribution >= 0.6 is 11.8 Å². The lowest BCUT2D eigenvalue weighted by atomic mass is 10.2. The number of thioether (sulfide) groups is 1. The highest BCUT2D eigenvalue weighted by Crippen LogP contribution is 2.22. The van der Waals surface area contributed by atoms with Crippen LogP contribution in [0.4, 0.5) is 0 Å². The maximum Gasteiger partial charge on any atom is 0.258 e. The molecule has 0 spiro atoms. The summed E-state index contributed by atoms with van der Waals surface area (Å²) in [6.45, 7) is 6.83. The summed E-state index contributed by atoms with van der Waals surface area (Å²) >= 11 is 1.46. The second-order valence-corrected chi connectivity index (χ2v) is 5.00. The predicted octanol–water partition coefficient (Wildman–Crippen LogP) is 1.66. The monoisotopic (exact) mass is 283 g/mol. The van der Waals surface area contributed by atoms with E-state index in [1.54, 1.807) is 4.90 Å². The molecule has 0 atom stereocenters. The molecule has 0 bridgehead atoms. The zero-order valence-corrected chi connectivity index (χ0v) is 12.8. The van der Waals surface area contributed by atoms with Gasteiger partial charge in [0.25, 0.3) is 5.91 Å². The lowest BCUT2D eigenvalue weighted by Crippen LogP contribution is -2.33. The average molecular weight is 283 g/mol. The number of amides is 1. The number of nitrogens with zero attached hydrogens (tertiary/aromatic N) is 3. The molecule has 19 heavy (non-hydrogen) atoms.